The molecule has 2 aliphatic rings. The molecule has 4 heterocycles. The summed E-state index contributed by atoms with van der Waals surface area (Å²) in [5.41, 5.74) is 6.90. The van der Waals surface area contributed by atoms with E-state index in [2.05, 4.69) is 74.0 Å². The Balaban J connectivity index is 1.15. The molecule has 0 aliphatic carbocycles. The number of imidazole rings is 1. The fourth-order valence-corrected chi connectivity index (χ4v) is 6.01. The van der Waals surface area contributed by atoms with Gasteiger partial charge in [0.15, 0.2) is 0 Å². The van der Waals surface area contributed by atoms with Crippen LogP contribution < -0.4 is 0 Å². The van der Waals surface area contributed by atoms with Crippen molar-refractivity contribution in [2.24, 2.45) is 5.92 Å². The van der Waals surface area contributed by atoms with Crippen molar-refractivity contribution in [3.8, 4) is 11.1 Å². The molecule has 2 fully saturated rings. The highest BCUT2D eigenvalue weighted by Gasteiger charge is 2.48. The summed E-state index contributed by atoms with van der Waals surface area (Å²) in [6.45, 7) is 3.05. The van der Waals surface area contributed by atoms with Crippen LogP contribution in [0.3, 0.4) is 0 Å². The van der Waals surface area contributed by atoms with Crippen molar-refractivity contribution in [1.82, 2.24) is 24.6 Å². The molecule has 2 aliphatic heterocycles. The van der Waals surface area contributed by atoms with Gasteiger partial charge in [-0.05, 0) is 67.3 Å². The van der Waals surface area contributed by atoms with E-state index in [1.807, 2.05) is 18.7 Å². The van der Waals surface area contributed by atoms with E-state index in [4.69, 9.17) is 0 Å². The highest BCUT2D eigenvalue weighted by atomic mass is 16.2. The standard InChI is InChI=1S/C27H29N5O/c1-18-4-2-3-5-19(18)7-11-27(33)32-23-8-10-25(32)21(12-23)16-31-17-28-24-13-20(6-9-26(24)31)22-14-29-30-15-22/h2-6,9,13-15,17,21,23,25H,7-8,10-12,16H2,1H3,(H,29,30)/t21?,23?,25-/m0/s1. The fourth-order valence-electron chi connectivity index (χ4n) is 6.01. The lowest BCUT2D eigenvalue weighted by Crippen LogP contribution is -2.37. The molecule has 33 heavy (non-hydrogen) atoms. The van der Waals surface area contributed by atoms with Gasteiger partial charge in [0, 0.05) is 36.8 Å². The maximum Gasteiger partial charge on any atom is 0.223 e. The van der Waals surface area contributed by atoms with E-state index in [-0.39, 0.29) is 0 Å². The summed E-state index contributed by atoms with van der Waals surface area (Å²) in [5.74, 6) is 0.825. The number of carbonyl (C=O) groups excluding carboxylic acids is 1. The van der Waals surface area contributed by atoms with Gasteiger partial charge in [0.25, 0.3) is 0 Å². The Bertz CT molecular complexity index is 1290. The predicted octanol–water partition coefficient (Wildman–Crippen LogP) is 4.75. The molecule has 1 N–H and O–H groups in total. The Hall–Kier alpha value is -3.41. The van der Waals surface area contributed by atoms with E-state index in [1.165, 1.54) is 11.1 Å². The second-order valence-corrected chi connectivity index (χ2v) is 9.61. The highest BCUT2D eigenvalue weighted by molar-refractivity contribution is 5.82. The largest absolute Gasteiger partial charge is 0.336 e. The average molecular weight is 440 g/mol. The van der Waals surface area contributed by atoms with Crippen LogP contribution in [-0.4, -0.2) is 42.6 Å². The lowest BCUT2D eigenvalue weighted by Gasteiger charge is -2.25. The Kier molecular flexibility index (Phi) is 5.01. The molecule has 3 atom stereocenters. The molecule has 2 aromatic carbocycles. The van der Waals surface area contributed by atoms with Crippen LogP contribution in [-0.2, 0) is 17.8 Å². The summed E-state index contributed by atoms with van der Waals surface area (Å²) in [5, 5.41) is 6.92. The fraction of sp³-hybridized carbons (Fsp3) is 0.370. The summed E-state index contributed by atoms with van der Waals surface area (Å²) in [6.07, 6.45) is 10.5. The molecule has 6 nitrogen and oxygen atoms in total. The summed E-state index contributed by atoms with van der Waals surface area (Å²) in [4.78, 5) is 20.1. The van der Waals surface area contributed by atoms with Gasteiger partial charge in [0.05, 0.1) is 23.6 Å². The quantitative estimate of drug-likeness (QED) is 0.472. The molecular formula is C27H29N5O. The predicted molar refractivity (Wildman–Crippen MR) is 129 cm³/mol. The van der Waals surface area contributed by atoms with Crippen LogP contribution in [0, 0.1) is 12.8 Å². The Labute approximate surface area is 193 Å². The number of benzene rings is 2. The summed E-state index contributed by atoms with van der Waals surface area (Å²) >= 11 is 0. The van der Waals surface area contributed by atoms with E-state index in [1.54, 1.807) is 0 Å². The SMILES string of the molecule is Cc1ccccc1CCC(=O)N1C2CC[C@H]1C(Cn1cnc3cc(-c4cn[nH]c4)ccc31)C2. The molecule has 4 aromatic rings. The number of nitrogens with one attached hydrogen (secondary N) is 1. The molecule has 168 valence electrons. The first-order valence-electron chi connectivity index (χ1n) is 12.0. The molecule has 0 radical (unpaired) electrons. The highest BCUT2D eigenvalue weighted by Crippen LogP contribution is 2.43. The molecule has 2 aromatic heterocycles. The van der Waals surface area contributed by atoms with Crippen molar-refractivity contribution in [2.75, 3.05) is 0 Å². The molecule has 2 bridgehead atoms. The van der Waals surface area contributed by atoms with Crippen molar-refractivity contribution < 1.29 is 4.79 Å². The number of rotatable bonds is 6. The second-order valence-electron chi connectivity index (χ2n) is 9.61. The Morgan fingerprint density at radius 2 is 2.06 bits per heavy atom. The molecule has 2 saturated heterocycles. The third-order valence-corrected chi connectivity index (χ3v) is 7.71. The van der Waals surface area contributed by atoms with Crippen LogP contribution in [0.1, 0.15) is 36.8 Å². The number of hydrogen-bond donors (Lipinski definition) is 1. The van der Waals surface area contributed by atoms with E-state index in [9.17, 15) is 4.79 Å². The summed E-state index contributed by atoms with van der Waals surface area (Å²) in [7, 11) is 0. The van der Waals surface area contributed by atoms with Gasteiger partial charge in [-0.1, -0.05) is 30.3 Å². The first kappa shape index (κ1) is 20.2. The Morgan fingerprint density at radius 1 is 1.15 bits per heavy atom. The summed E-state index contributed by atoms with van der Waals surface area (Å²) < 4.78 is 2.27. The number of amides is 1. The second kappa shape index (κ2) is 8.18. The molecule has 2 unspecified atom stereocenters. The van der Waals surface area contributed by atoms with Crippen molar-refractivity contribution in [2.45, 2.75) is 57.7 Å². The van der Waals surface area contributed by atoms with Crippen molar-refractivity contribution in [3.63, 3.8) is 0 Å². The zero-order valence-electron chi connectivity index (χ0n) is 18.9. The first-order chi connectivity index (χ1) is 16.2. The number of nitrogens with zero attached hydrogens (tertiary/aromatic N) is 4. The molecule has 0 saturated carbocycles. The summed E-state index contributed by atoms with van der Waals surface area (Å²) in [6, 6.07) is 15.6. The van der Waals surface area contributed by atoms with Gasteiger partial charge in [-0.3, -0.25) is 9.89 Å². The van der Waals surface area contributed by atoms with Crippen molar-refractivity contribution in [1.29, 1.82) is 0 Å². The number of aromatic amines is 1. The van der Waals surface area contributed by atoms with E-state index in [0.29, 0.717) is 30.3 Å². The lowest BCUT2D eigenvalue weighted by atomic mass is 9.89. The molecule has 6 rings (SSSR count). The monoisotopic (exact) mass is 439 g/mol. The number of carbonyl (C=O) groups is 1. The van der Waals surface area contributed by atoms with Gasteiger partial charge in [-0.15, -0.1) is 0 Å². The maximum atomic E-state index is 13.2. The van der Waals surface area contributed by atoms with Gasteiger partial charge in [-0.2, -0.15) is 5.10 Å². The van der Waals surface area contributed by atoms with Gasteiger partial charge in [0.2, 0.25) is 5.91 Å². The third kappa shape index (κ3) is 3.63. The average Bonchev–Trinajstić information content (AvgIpc) is 3.62. The number of aryl methyl sites for hydroxylation is 2. The third-order valence-electron chi connectivity index (χ3n) is 7.71. The van der Waals surface area contributed by atoms with Crippen molar-refractivity contribution >= 4 is 16.9 Å². The lowest BCUT2D eigenvalue weighted by molar-refractivity contribution is -0.132. The van der Waals surface area contributed by atoms with E-state index < -0.39 is 0 Å². The van der Waals surface area contributed by atoms with E-state index >= 15 is 0 Å². The minimum atomic E-state index is 0.327. The maximum absolute atomic E-state index is 13.2. The molecule has 6 heteroatoms. The van der Waals surface area contributed by atoms with Crippen LogP contribution in [0.2, 0.25) is 0 Å². The van der Waals surface area contributed by atoms with Gasteiger partial charge in [-0.25, -0.2) is 4.98 Å². The van der Waals surface area contributed by atoms with Crippen LogP contribution in [0.15, 0.2) is 61.2 Å². The van der Waals surface area contributed by atoms with Crippen LogP contribution in [0.25, 0.3) is 22.2 Å². The molecule has 0 spiro atoms. The van der Waals surface area contributed by atoms with Crippen LogP contribution >= 0.6 is 0 Å². The number of H-pyrrole nitrogens is 1. The normalized spacial score (nSPS) is 21.8. The minimum absolute atomic E-state index is 0.327. The van der Waals surface area contributed by atoms with Crippen LogP contribution in [0.5, 0.6) is 0 Å². The van der Waals surface area contributed by atoms with Gasteiger partial charge in [0.1, 0.15) is 0 Å². The Morgan fingerprint density at radius 3 is 2.91 bits per heavy atom. The first-order valence-corrected chi connectivity index (χ1v) is 12.0. The zero-order valence-corrected chi connectivity index (χ0v) is 18.9. The van der Waals surface area contributed by atoms with Gasteiger partial charge < -0.3 is 9.47 Å². The number of hydrogen-bond acceptors (Lipinski definition) is 3. The topological polar surface area (TPSA) is 66.8 Å². The van der Waals surface area contributed by atoms with Gasteiger partial charge >= 0.3 is 0 Å². The number of fused-ring (bicyclic) bond motifs is 3. The molecular weight excluding hydrogens is 410 g/mol. The van der Waals surface area contributed by atoms with Crippen LogP contribution in [0.4, 0.5) is 0 Å². The smallest absolute Gasteiger partial charge is 0.223 e. The minimum Gasteiger partial charge on any atom is -0.336 e. The van der Waals surface area contributed by atoms with Crippen molar-refractivity contribution in [3.05, 3.63) is 72.3 Å². The molecule has 1 amide bonds. The number of aromatic nitrogens is 4. The zero-order chi connectivity index (χ0) is 22.4. The van der Waals surface area contributed by atoms with E-state index in [0.717, 1.165) is 54.4 Å².